The van der Waals surface area contributed by atoms with E-state index >= 15 is 0 Å². The normalized spacial score (nSPS) is 25.2. The molecule has 2 fully saturated rings. The van der Waals surface area contributed by atoms with Gasteiger partial charge in [-0.2, -0.15) is 0 Å². The van der Waals surface area contributed by atoms with E-state index in [1.54, 1.807) is 0 Å². The number of carbonyl (C=O) groups is 1. The summed E-state index contributed by atoms with van der Waals surface area (Å²) < 4.78 is 5.28. The number of carbonyl (C=O) groups excluding carboxylic acids is 1. The van der Waals surface area contributed by atoms with E-state index in [2.05, 4.69) is 28.8 Å². The maximum Gasteiger partial charge on any atom is 0.222 e. The molecule has 3 heterocycles. The van der Waals surface area contributed by atoms with Gasteiger partial charge in [0.1, 0.15) is 5.76 Å². The standard InChI is InChI=1S/C18H29N3O2/c1-12(2)7-18(22)21-9-15-5-6-20(8-16(15)10-21)11-17-13(3)19-23-14(17)4/h12,15-16H,5-11H2,1-4H3/t15-,16+/m0/s1. The number of aromatic nitrogens is 1. The van der Waals surface area contributed by atoms with Gasteiger partial charge in [0.2, 0.25) is 5.91 Å². The van der Waals surface area contributed by atoms with Crippen LogP contribution in [0.4, 0.5) is 0 Å². The zero-order valence-corrected chi connectivity index (χ0v) is 14.8. The maximum absolute atomic E-state index is 12.3. The smallest absolute Gasteiger partial charge is 0.222 e. The van der Waals surface area contributed by atoms with Crippen LogP contribution in [-0.2, 0) is 11.3 Å². The minimum absolute atomic E-state index is 0.340. The minimum Gasteiger partial charge on any atom is -0.361 e. The molecule has 0 aliphatic carbocycles. The molecule has 0 bridgehead atoms. The average Bonchev–Trinajstić information content (AvgIpc) is 3.04. The second-order valence-corrected chi connectivity index (χ2v) is 7.74. The van der Waals surface area contributed by atoms with E-state index in [4.69, 9.17) is 4.52 Å². The third kappa shape index (κ3) is 3.60. The summed E-state index contributed by atoms with van der Waals surface area (Å²) in [5.74, 6) is 3.03. The van der Waals surface area contributed by atoms with Crippen LogP contribution in [0, 0.1) is 31.6 Å². The minimum atomic E-state index is 0.340. The van der Waals surface area contributed by atoms with Gasteiger partial charge in [-0.15, -0.1) is 0 Å². The lowest BCUT2D eigenvalue weighted by atomic mass is 9.88. The van der Waals surface area contributed by atoms with Crippen molar-refractivity contribution < 1.29 is 9.32 Å². The van der Waals surface area contributed by atoms with Crippen molar-refractivity contribution in [3.8, 4) is 0 Å². The first-order valence-corrected chi connectivity index (χ1v) is 8.86. The maximum atomic E-state index is 12.3. The van der Waals surface area contributed by atoms with E-state index in [1.807, 2.05) is 13.8 Å². The summed E-state index contributed by atoms with van der Waals surface area (Å²) in [4.78, 5) is 16.9. The molecule has 2 aliphatic heterocycles. The number of rotatable bonds is 4. The number of amides is 1. The monoisotopic (exact) mass is 319 g/mol. The fourth-order valence-electron chi connectivity index (χ4n) is 4.02. The number of nitrogens with zero attached hydrogens (tertiary/aromatic N) is 3. The van der Waals surface area contributed by atoms with Crippen molar-refractivity contribution >= 4 is 5.91 Å². The average molecular weight is 319 g/mol. The SMILES string of the molecule is Cc1noc(C)c1CN1CC[C@H]2CN(C(=O)CC(C)C)C[C@H]2C1. The number of aryl methyl sites for hydroxylation is 2. The van der Waals surface area contributed by atoms with Crippen LogP contribution < -0.4 is 0 Å². The van der Waals surface area contributed by atoms with Gasteiger partial charge < -0.3 is 9.42 Å². The number of fused-ring (bicyclic) bond motifs is 1. The molecular weight excluding hydrogens is 290 g/mol. The molecule has 3 rings (SSSR count). The summed E-state index contributed by atoms with van der Waals surface area (Å²) in [5, 5.41) is 4.06. The summed E-state index contributed by atoms with van der Waals surface area (Å²) in [7, 11) is 0. The van der Waals surface area contributed by atoms with Crippen LogP contribution in [-0.4, -0.2) is 47.0 Å². The fourth-order valence-corrected chi connectivity index (χ4v) is 4.02. The predicted octanol–water partition coefficient (Wildman–Crippen LogP) is 2.62. The van der Waals surface area contributed by atoms with Crippen LogP contribution in [0.1, 0.15) is 43.7 Å². The molecule has 1 aromatic rings. The van der Waals surface area contributed by atoms with Gasteiger partial charge in [0.05, 0.1) is 5.69 Å². The molecule has 5 nitrogen and oxygen atoms in total. The van der Waals surface area contributed by atoms with Crippen LogP contribution in [0.15, 0.2) is 4.52 Å². The third-order valence-corrected chi connectivity index (χ3v) is 5.38. The highest BCUT2D eigenvalue weighted by Gasteiger charge is 2.38. The van der Waals surface area contributed by atoms with Crippen molar-refractivity contribution in [1.82, 2.24) is 15.0 Å². The van der Waals surface area contributed by atoms with Crippen molar-refractivity contribution in [2.45, 2.75) is 47.1 Å². The van der Waals surface area contributed by atoms with Crippen LogP contribution in [0.3, 0.4) is 0 Å². The van der Waals surface area contributed by atoms with E-state index in [0.717, 1.165) is 44.2 Å². The van der Waals surface area contributed by atoms with Crippen LogP contribution >= 0.6 is 0 Å². The summed E-state index contributed by atoms with van der Waals surface area (Å²) in [6.07, 6.45) is 1.88. The Labute approximate surface area is 139 Å². The Morgan fingerprint density at radius 2 is 2.00 bits per heavy atom. The van der Waals surface area contributed by atoms with Crippen molar-refractivity contribution in [2.24, 2.45) is 17.8 Å². The Hall–Kier alpha value is -1.36. The lowest BCUT2D eigenvalue weighted by Crippen LogP contribution is -2.39. The number of hydrogen-bond acceptors (Lipinski definition) is 4. The van der Waals surface area contributed by atoms with Gasteiger partial charge in [0, 0.05) is 38.2 Å². The summed E-state index contributed by atoms with van der Waals surface area (Å²) in [6.45, 7) is 13.3. The second-order valence-electron chi connectivity index (χ2n) is 7.74. The number of hydrogen-bond donors (Lipinski definition) is 0. The van der Waals surface area contributed by atoms with Gasteiger partial charge in [-0.1, -0.05) is 19.0 Å². The molecule has 2 saturated heterocycles. The summed E-state index contributed by atoms with van der Waals surface area (Å²) in [6, 6.07) is 0. The molecule has 1 aromatic heterocycles. The van der Waals surface area contributed by atoms with Crippen LogP contribution in [0.25, 0.3) is 0 Å². The Morgan fingerprint density at radius 3 is 2.65 bits per heavy atom. The second kappa shape index (κ2) is 6.63. The van der Waals surface area contributed by atoms with Gasteiger partial charge in [-0.25, -0.2) is 0 Å². The van der Waals surface area contributed by atoms with Gasteiger partial charge in [-0.3, -0.25) is 9.69 Å². The highest BCUT2D eigenvalue weighted by Crippen LogP contribution is 2.32. The largest absolute Gasteiger partial charge is 0.361 e. The van der Waals surface area contributed by atoms with Crippen molar-refractivity contribution in [1.29, 1.82) is 0 Å². The molecular formula is C18H29N3O2. The number of piperidine rings is 1. The van der Waals surface area contributed by atoms with Gasteiger partial charge >= 0.3 is 0 Å². The molecule has 2 aliphatic rings. The van der Waals surface area contributed by atoms with Crippen LogP contribution in [0.2, 0.25) is 0 Å². The quantitative estimate of drug-likeness (QED) is 0.856. The molecule has 0 aromatic carbocycles. The topological polar surface area (TPSA) is 49.6 Å². The Balaban J connectivity index is 1.58. The van der Waals surface area contributed by atoms with Crippen LogP contribution in [0.5, 0.6) is 0 Å². The van der Waals surface area contributed by atoms with E-state index < -0.39 is 0 Å². The third-order valence-electron chi connectivity index (χ3n) is 5.38. The van der Waals surface area contributed by atoms with E-state index in [1.165, 1.54) is 12.0 Å². The first kappa shape index (κ1) is 16.5. The van der Waals surface area contributed by atoms with Crippen molar-refractivity contribution in [3.63, 3.8) is 0 Å². The molecule has 23 heavy (non-hydrogen) atoms. The number of likely N-dealkylation sites (tertiary alicyclic amines) is 2. The Morgan fingerprint density at radius 1 is 1.26 bits per heavy atom. The van der Waals surface area contributed by atoms with E-state index in [-0.39, 0.29) is 0 Å². The lowest BCUT2D eigenvalue weighted by Gasteiger charge is -2.34. The lowest BCUT2D eigenvalue weighted by molar-refractivity contribution is -0.131. The van der Waals surface area contributed by atoms with E-state index in [0.29, 0.717) is 30.1 Å². The Kier molecular flexibility index (Phi) is 4.76. The molecule has 5 heteroatoms. The molecule has 0 unspecified atom stereocenters. The summed E-state index contributed by atoms with van der Waals surface area (Å²) in [5.41, 5.74) is 2.24. The molecule has 0 N–H and O–H groups in total. The predicted molar refractivity (Wildman–Crippen MR) is 88.9 cm³/mol. The van der Waals surface area contributed by atoms with Gasteiger partial charge in [0.25, 0.3) is 0 Å². The molecule has 0 saturated carbocycles. The van der Waals surface area contributed by atoms with Crippen molar-refractivity contribution in [3.05, 3.63) is 17.0 Å². The molecule has 0 radical (unpaired) electrons. The molecule has 0 spiro atoms. The summed E-state index contributed by atoms with van der Waals surface area (Å²) >= 11 is 0. The van der Waals surface area contributed by atoms with E-state index in [9.17, 15) is 4.79 Å². The zero-order valence-electron chi connectivity index (χ0n) is 14.8. The van der Waals surface area contributed by atoms with Crippen molar-refractivity contribution in [2.75, 3.05) is 26.2 Å². The molecule has 1 amide bonds. The molecule has 128 valence electrons. The highest BCUT2D eigenvalue weighted by atomic mass is 16.5. The fraction of sp³-hybridized carbons (Fsp3) is 0.778. The first-order valence-electron chi connectivity index (χ1n) is 8.86. The Bertz CT molecular complexity index is 547. The zero-order chi connectivity index (χ0) is 16.6. The highest BCUT2D eigenvalue weighted by molar-refractivity contribution is 5.76. The van der Waals surface area contributed by atoms with Gasteiger partial charge in [0.15, 0.2) is 0 Å². The first-order chi connectivity index (χ1) is 10.9. The molecule has 2 atom stereocenters. The van der Waals surface area contributed by atoms with Gasteiger partial charge in [-0.05, 0) is 44.6 Å².